The average molecular weight is 491 g/mol. The highest BCUT2D eigenvalue weighted by atomic mass is 35.5. The second-order valence-electron chi connectivity index (χ2n) is 7.31. The van der Waals surface area contributed by atoms with Crippen LogP contribution in [0.4, 0.5) is 4.39 Å². The maximum Gasteiger partial charge on any atom is 0.129 e. The van der Waals surface area contributed by atoms with Gasteiger partial charge in [0.2, 0.25) is 0 Å². The summed E-state index contributed by atoms with van der Waals surface area (Å²) in [6, 6.07) is 24.4. The number of fused-ring (bicyclic) bond motifs is 1. The van der Waals surface area contributed by atoms with E-state index in [0.717, 1.165) is 40.6 Å². The van der Waals surface area contributed by atoms with E-state index in [0.29, 0.717) is 22.2 Å². The van der Waals surface area contributed by atoms with Crippen molar-refractivity contribution in [2.45, 2.75) is 19.6 Å². The van der Waals surface area contributed by atoms with Gasteiger partial charge in [-0.15, -0.1) is 12.4 Å². The van der Waals surface area contributed by atoms with Gasteiger partial charge in [-0.1, -0.05) is 77.8 Å². The fourth-order valence-electron chi connectivity index (χ4n) is 3.57. The lowest BCUT2D eigenvalue weighted by molar-refractivity contribution is 0.296. The van der Waals surface area contributed by atoms with Gasteiger partial charge in [-0.2, -0.15) is 0 Å². The Balaban J connectivity index is 0.00000289. The van der Waals surface area contributed by atoms with Crippen LogP contribution >= 0.6 is 35.6 Å². The van der Waals surface area contributed by atoms with Crippen LogP contribution in [0.1, 0.15) is 16.7 Å². The highest BCUT2D eigenvalue weighted by Crippen LogP contribution is 2.29. The van der Waals surface area contributed by atoms with Crippen LogP contribution in [0, 0.1) is 5.82 Å². The summed E-state index contributed by atoms with van der Waals surface area (Å²) < 4.78 is 20.0. The molecule has 0 fully saturated rings. The highest BCUT2D eigenvalue weighted by Gasteiger charge is 2.11. The van der Waals surface area contributed by atoms with Gasteiger partial charge >= 0.3 is 0 Å². The molecule has 166 valence electrons. The van der Waals surface area contributed by atoms with Crippen LogP contribution in [-0.2, 0) is 19.6 Å². The highest BCUT2D eigenvalue weighted by molar-refractivity contribution is 6.35. The van der Waals surface area contributed by atoms with Crippen LogP contribution in [0.25, 0.3) is 10.8 Å². The molecule has 0 heterocycles. The first-order valence-corrected chi connectivity index (χ1v) is 10.9. The Morgan fingerprint density at radius 3 is 2.44 bits per heavy atom. The second kappa shape index (κ2) is 11.5. The summed E-state index contributed by atoms with van der Waals surface area (Å²) in [4.78, 5) is 0. The standard InChI is InChI=1S/C26H22Cl2FNO.ClH/c27-21-11-9-19(24(28)15-21)13-14-30-16-23-22-7-3-1-5-18(22)10-12-26(23)31-17-20-6-2-4-8-25(20)29;/h1-12,15,30H,13-14,16-17H2;1H. The molecule has 0 saturated carbocycles. The number of ether oxygens (including phenoxy) is 1. The van der Waals surface area contributed by atoms with Crippen molar-refractivity contribution in [3.8, 4) is 5.75 Å². The SMILES string of the molecule is Cl.Fc1ccccc1COc1ccc2ccccc2c1CNCCc1ccc(Cl)cc1Cl. The average Bonchev–Trinajstić information content (AvgIpc) is 2.78. The van der Waals surface area contributed by atoms with Crippen molar-refractivity contribution in [1.82, 2.24) is 5.32 Å². The van der Waals surface area contributed by atoms with Crippen molar-refractivity contribution >= 4 is 46.4 Å². The number of hydrogen-bond acceptors (Lipinski definition) is 2. The first-order chi connectivity index (χ1) is 15.1. The molecule has 0 aromatic heterocycles. The zero-order valence-corrected chi connectivity index (χ0v) is 19.6. The lowest BCUT2D eigenvalue weighted by atomic mass is 10.0. The molecule has 0 unspecified atom stereocenters. The smallest absolute Gasteiger partial charge is 0.129 e. The summed E-state index contributed by atoms with van der Waals surface area (Å²) in [6.07, 6.45) is 0.784. The molecule has 0 aliphatic heterocycles. The Bertz CT molecular complexity index is 1200. The summed E-state index contributed by atoms with van der Waals surface area (Å²) in [6.45, 7) is 1.55. The maximum absolute atomic E-state index is 14.0. The third kappa shape index (κ3) is 5.93. The molecule has 0 amide bonds. The van der Waals surface area contributed by atoms with Crippen molar-refractivity contribution in [1.29, 1.82) is 0 Å². The molecule has 0 aliphatic carbocycles. The molecule has 4 rings (SSSR count). The van der Waals surface area contributed by atoms with Crippen molar-refractivity contribution in [3.05, 3.63) is 111 Å². The molecular weight excluding hydrogens is 468 g/mol. The van der Waals surface area contributed by atoms with Crippen molar-refractivity contribution in [2.75, 3.05) is 6.54 Å². The summed E-state index contributed by atoms with van der Waals surface area (Å²) in [5, 5.41) is 7.05. The van der Waals surface area contributed by atoms with Crippen LogP contribution in [0.3, 0.4) is 0 Å². The molecule has 4 aromatic carbocycles. The number of hydrogen-bond donors (Lipinski definition) is 1. The molecule has 0 bridgehead atoms. The van der Waals surface area contributed by atoms with Gasteiger partial charge in [0.1, 0.15) is 18.2 Å². The monoisotopic (exact) mass is 489 g/mol. The van der Waals surface area contributed by atoms with Gasteiger partial charge in [0.05, 0.1) is 0 Å². The summed E-state index contributed by atoms with van der Waals surface area (Å²) in [5.74, 6) is 0.488. The van der Waals surface area contributed by atoms with Gasteiger partial charge in [-0.3, -0.25) is 0 Å². The fourth-order valence-corrected chi connectivity index (χ4v) is 4.07. The topological polar surface area (TPSA) is 21.3 Å². The van der Waals surface area contributed by atoms with Crippen LogP contribution in [0.2, 0.25) is 10.0 Å². The molecule has 0 spiro atoms. The van der Waals surface area contributed by atoms with E-state index in [1.54, 1.807) is 18.2 Å². The van der Waals surface area contributed by atoms with Gasteiger partial charge in [0, 0.05) is 27.7 Å². The first kappa shape index (κ1) is 24.3. The maximum atomic E-state index is 14.0. The van der Waals surface area contributed by atoms with Crippen molar-refractivity contribution in [3.63, 3.8) is 0 Å². The van der Waals surface area contributed by atoms with Crippen LogP contribution < -0.4 is 10.1 Å². The molecular formula is C26H23Cl3FNO. The molecule has 0 atom stereocenters. The Labute approximate surface area is 203 Å². The minimum atomic E-state index is -0.261. The Hall–Kier alpha value is -2.30. The minimum Gasteiger partial charge on any atom is -0.488 e. The van der Waals surface area contributed by atoms with E-state index in [2.05, 4.69) is 17.4 Å². The first-order valence-electron chi connectivity index (χ1n) is 10.1. The lowest BCUT2D eigenvalue weighted by Gasteiger charge is -2.16. The molecule has 6 heteroatoms. The van der Waals surface area contributed by atoms with E-state index in [1.807, 2.05) is 42.5 Å². The molecule has 2 nitrogen and oxygen atoms in total. The van der Waals surface area contributed by atoms with Gasteiger partial charge in [-0.05, 0) is 53.6 Å². The zero-order chi connectivity index (χ0) is 21.6. The minimum absolute atomic E-state index is 0. The third-order valence-corrected chi connectivity index (χ3v) is 5.81. The van der Waals surface area contributed by atoms with Gasteiger partial charge < -0.3 is 10.1 Å². The van der Waals surface area contributed by atoms with E-state index in [9.17, 15) is 4.39 Å². The van der Waals surface area contributed by atoms with E-state index in [4.69, 9.17) is 27.9 Å². The molecule has 0 saturated heterocycles. The molecule has 32 heavy (non-hydrogen) atoms. The van der Waals surface area contributed by atoms with Crippen LogP contribution in [0.15, 0.2) is 78.9 Å². The van der Waals surface area contributed by atoms with E-state index in [1.165, 1.54) is 6.07 Å². The van der Waals surface area contributed by atoms with Gasteiger partial charge in [0.25, 0.3) is 0 Å². The Morgan fingerprint density at radius 1 is 0.844 bits per heavy atom. The van der Waals surface area contributed by atoms with E-state index in [-0.39, 0.29) is 24.8 Å². The number of nitrogens with one attached hydrogen (secondary N) is 1. The van der Waals surface area contributed by atoms with Gasteiger partial charge in [0.15, 0.2) is 0 Å². The molecule has 0 aliphatic rings. The zero-order valence-electron chi connectivity index (χ0n) is 17.3. The summed E-state index contributed by atoms with van der Waals surface area (Å²) in [7, 11) is 0. The normalized spacial score (nSPS) is 10.7. The second-order valence-corrected chi connectivity index (χ2v) is 8.15. The summed E-state index contributed by atoms with van der Waals surface area (Å²) >= 11 is 12.3. The lowest BCUT2D eigenvalue weighted by Crippen LogP contribution is -2.18. The number of halogens is 4. The number of benzene rings is 4. The predicted octanol–water partition coefficient (Wildman–Crippen LogP) is 7.62. The van der Waals surface area contributed by atoms with Crippen LogP contribution in [0.5, 0.6) is 5.75 Å². The quantitative estimate of drug-likeness (QED) is 0.256. The molecule has 4 aromatic rings. The van der Waals surface area contributed by atoms with Gasteiger partial charge in [-0.25, -0.2) is 4.39 Å². The molecule has 0 radical (unpaired) electrons. The number of rotatable bonds is 8. The van der Waals surface area contributed by atoms with E-state index < -0.39 is 0 Å². The van der Waals surface area contributed by atoms with Crippen molar-refractivity contribution < 1.29 is 9.13 Å². The van der Waals surface area contributed by atoms with E-state index >= 15 is 0 Å². The third-order valence-electron chi connectivity index (χ3n) is 5.23. The fraction of sp³-hybridized carbons (Fsp3) is 0.154. The van der Waals surface area contributed by atoms with Crippen LogP contribution in [-0.4, -0.2) is 6.54 Å². The largest absolute Gasteiger partial charge is 0.488 e. The molecule has 1 N–H and O–H groups in total. The Morgan fingerprint density at radius 2 is 1.62 bits per heavy atom. The van der Waals surface area contributed by atoms with Crippen molar-refractivity contribution in [2.24, 2.45) is 0 Å². The Kier molecular flexibility index (Phi) is 8.77. The predicted molar refractivity (Wildman–Crippen MR) is 134 cm³/mol. The summed E-state index contributed by atoms with van der Waals surface area (Å²) in [5.41, 5.74) is 2.64.